The van der Waals surface area contributed by atoms with Crippen molar-refractivity contribution in [2.45, 2.75) is 20.1 Å². The average Bonchev–Trinajstić information content (AvgIpc) is 1.99. The van der Waals surface area contributed by atoms with Crippen LogP contribution < -0.4 is 5.46 Å². The Kier molecular flexibility index (Phi) is 2.55. The smallest absolute Gasteiger partial charge is 0.178 e. The van der Waals surface area contributed by atoms with E-state index in [1.54, 1.807) is 12.1 Å². The molecule has 0 fully saturated rings. The first kappa shape index (κ1) is 9.29. The maximum absolute atomic E-state index is 8.88. The zero-order valence-electron chi connectivity index (χ0n) is 7.20. The van der Waals surface area contributed by atoms with Crippen LogP contribution in [0.25, 0.3) is 0 Å². The molecule has 0 atom stereocenters. The molecule has 3 heteroatoms. The highest BCUT2D eigenvalue weighted by molar-refractivity contribution is 6.34. The van der Waals surface area contributed by atoms with E-state index >= 15 is 0 Å². The molecule has 1 aromatic rings. The van der Waals surface area contributed by atoms with Crippen LogP contribution >= 0.6 is 0 Å². The molecular weight excluding hydrogens is 151 g/mol. The highest BCUT2D eigenvalue weighted by Crippen LogP contribution is 2.12. The zero-order valence-corrected chi connectivity index (χ0v) is 7.20. The lowest BCUT2D eigenvalue weighted by Gasteiger charge is -2.10. The molecule has 2 N–H and O–H groups in total. The van der Waals surface area contributed by atoms with E-state index in [4.69, 9.17) is 18.1 Å². The summed E-state index contributed by atoms with van der Waals surface area (Å²) in [5.74, 6) is 0. The fourth-order valence-electron chi connectivity index (χ4n) is 1.16. The van der Waals surface area contributed by atoms with Gasteiger partial charge in [-0.05, 0) is 13.8 Å². The number of benzene rings is 1. The first-order chi connectivity index (χ1) is 5.52. The fraction of sp³-hybridized carbons (Fsp3) is 0.333. The Morgan fingerprint density at radius 2 is 1.58 bits per heavy atom. The van der Waals surface area contributed by atoms with Crippen LogP contribution in [0.1, 0.15) is 23.0 Å². The normalized spacial score (nSPS) is 10.8. The molecule has 0 heterocycles. The lowest BCUT2D eigenvalue weighted by atomic mass is 9.85. The van der Waals surface area contributed by atoms with Crippen molar-refractivity contribution in [1.82, 2.24) is 0 Å². The number of aryl methyl sites for hydroxylation is 2. The molecule has 0 amide bonds. The van der Waals surface area contributed by atoms with Crippen molar-refractivity contribution in [3.8, 4) is 0 Å². The SMILES string of the molecule is [B]c1c(C)cc(C(O)O)cc1C. The molecule has 0 aliphatic rings. The van der Waals surface area contributed by atoms with Crippen LogP contribution in [0.2, 0.25) is 0 Å². The molecular formula is C9H11BO2. The van der Waals surface area contributed by atoms with Crippen molar-refractivity contribution in [2.75, 3.05) is 0 Å². The first-order valence-electron chi connectivity index (χ1n) is 3.75. The van der Waals surface area contributed by atoms with Crippen LogP contribution in [0.3, 0.4) is 0 Å². The highest BCUT2D eigenvalue weighted by atomic mass is 16.5. The molecule has 0 saturated carbocycles. The largest absolute Gasteiger partial charge is 0.364 e. The minimum absolute atomic E-state index is 0.485. The monoisotopic (exact) mass is 162 g/mol. The lowest BCUT2D eigenvalue weighted by molar-refractivity contribution is -0.0425. The summed E-state index contributed by atoms with van der Waals surface area (Å²) >= 11 is 0. The minimum Gasteiger partial charge on any atom is -0.364 e. The third-order valence-electron chi connectivity index (χ3n) is 1.91. The summed E-state index contributed by atoms with van der Waals surface area (Å²) in [5, 5.41) is 17.8. The van der Waals surface area contributed by atoms with Gasteiger partial charge >= 0.3 is 0 Å². The maximum Gasteiger partial charge on any atom is 0.178 e. The van der Waals surface area contributed by atoms with Crippen molar-refractivity contribution in [3.63, 3.8) is 0 Å². The maximum atomic E-state index is 8.88. The summed E-state index contributed by atoms with van der Waals surface area (Å²) in [5.41, 5.74) is 2.94. The Labute approximate surface area is 73.3 Å². The van der Waals surface area contributed by atoms with E-state index < -0.39 is 6.29 Å². The summed E-state index contributed by atoms with van der Waals surface area (Å²) in [6.07, 6.45) is -1.41. The van der Waals surface area contributed by atoms with E-state index in [9.17, 15) is 0 Å². The number of aliphatic hydroxyl groups is 2. The van der Waals surface area contributed by atoms with Gasteiger partial charge in [0.05, 0.1) is 0 Å². The van der Waals surface area contributed by atoms with Gasteiger partial charge in [-0.1, -0.05) is 28.7 Å². The Morgan fingerprint density at radius 3 is 1.92 bits per heavy atom. The molecule has 0 unspecified atom stereocenters. The average molecular weight is 162 g/mol. The van der Waals surface area contributed by atoms with Gasteiger partial charge in [-0.2, -0.15) is 0 Å². The quantitative estimate of drug-likeness (QED) is 0.453. The lowest BCUT2D eigenvalue weighted by Crippen LogP contribution is -2.13. The third-order valence-corrected chi connectivity index (χ3v) is 1.91. The van der Waals surface area contributed by atoms with Crippen LogP contribution in [0, 0.1) is 13.8 Å². The Hall–Kier alpha value is -0.795. The molecule has 1 aromatic carbocycles. The summed E-state index contributed by atoms with van der Waals surface area (Å²) in [7, 11) is 5.69. The fourth-order valence-corrected chi connectivity index (χ4v) is 1.16. The molecule has 0 bridgehead atoms. The van der Waals surface area contributed by atoms with Gasteiger partial charge < -0.3 is 10.2 Å². The molecule has 2 radical (unpaired) electrons. The Balaban J connectivity index is 3.21. The van der Waals surface area contributed by atoms with Gasteiger partial charge in [-0.3, -0.25) is 0 Å². The van der Waals surface area contributed by atoms with Crippen LogP contribution in [0.15, 0.2) is 12.1 Å². The molecule has 0 aliphatic heterocycles. The molecule has 0 aromatic heterocycles. The molecule has 0 saturated heterocycles. The van der Waals surface area contributed by atoms with Crippen LogP contribution in [0.5, 0.6) is 0 Å². The number of rotatable bonds is 1. The first-order valence-corrected chi connectivity index (χ1v) is 3.75. The Bertz CT molecular complexity index is 272. The highest BCUT2D eigenvalue weighted by Gasteiger charge is 2.05. The molecule has 0 aliphatic carbocycles. The summed E-state index contributed by atoms with van der Waals surface area (Å²) in [6.45, 7) is 3.68. The van der Waals surface area contributed by atoms with Crippen molar-refractivity contribution >= 4 is 13.3 Å². The molecule has 12 heavy (non-hydrogen) atoms. The Morgan fingerprint density at radius 1 is 1.17 bits per heavy atom. The molecule has 0 spiro atoms. The van der Waals surface area contributed by atoms with Gasteiger partial charge in [-0.25, -0.2) is 0 Å². The van der Waals surface area contributed by atoms with E-state index in [0.29, 0.717) is 11.0 Å². The van der Waals surface area contributed by atoms with Gasteiger partial charge in [0.25, 0.3) is 0 Å². The minimum atomic E-state index is -1.41. The van der Waals surface area contributed by atoms with E-state index in [1.807, 2.05) is 13.8 Å². The van der Waals surface area contributed by atoms with Crippen molar-refractivity contribution in [2.24, 2.45) is 0 Å². The van der Waals surface area contributed by atoms with E-state index in [0.717, 1.165) is 11.1 Å². The van der Waals surface area contributed by atoms with Gasteiger partial charge in [-0.15, -0.1) is 0 Å². The molecule has 1 rings (SSSR count). The van der Waals surface area contributed by atoms with Gasteiger partial charge in [0, 0.05) is 5.56 Å². The summed E-state index contributed by atoms with van der Waals surface area (Å²) in [4.78, 5) is 0. The van der Waals surface area contributed by atoms with Crippen LogP contribution in [-0.2, 0) is 0 Å². The van der Waals surface area contributed by atoms with Gasteiger partial charge in [0.2, 0.25) is 0 Å². The van der Waals surface area contributed by atoms with Crippen molar-refractivity contribution < 1.29 is 10.2 Å². The van der Waals surface area contributed by atoms with E-state index in [2.05, 4.69) is 0 Å². The number of hydrogen-bond donors (Lipinski definition) is 2. The second-order valence-electron chi connectivity index (χ2n) is 2.94. The van der Waals surface area contributed by atoms with Crippen LogP contribution in [-0.4, -0.2) is 18.1 Å². The molecule has 2 nitrogen and oxygen atoms in total. The van der Waals surface area contributed by atoms with Gasteiger partial charge in [0.1, 0.15) is 7.85 Å². The van der Waals surface area contributed by atoms with E-state index in [1.165, 1.54) is 0 Å². The number of aliphatic hydroxyl groups excluding tert-OH is 1. The van der Waals surface area contributed by atoms with E-state index in [-0.39, 0.29) is 0 Å². The molecule has 62 valence electrons. The second kappa shape index (κ2) is 3.29. The topological polar surface area (TPSA) is 40.5 Å². The van der Waals surface area contributed by atoms with Crippen molar-refractivity contribution in [3.05, 3.63) is 28.8 Å². The summed E-state index contributed by atoms with van der Waals surface area (Å²) in [6, 6.07) is 3.35. The third kappa shape index (κ3) is 1.68. The zero-order chi connectivity index (χ0) is 9.30. The van der Waals surface area contributed by atoms with Crippen LogP contribution in [0.4, 0.5) is 0 Å². The van der Waals surface area contributed by atoms with Gasteiger partial charge in [0.15, 0.2) is 6.29 Å². The second-order valence-corrected chi connectivity index (χ2v) is 2.94. The predicted molar refractivity (Wildman–Crippen MR) is 48.5 cm³/mol. The standard InChI is InChI=1S/C9H11BO2/c1-5-3-7(9(11)12)4-6(2)8(5)10/h3-4,9,11-12H,1-2H3. The number of hydrogen-bond acceptors (Lipinski definition) is 2. The van der Waals surface area contributed by atoms with Crippen molar-refractivity contribution in [1.29, 1.82) is 0 Å². The summed E-state index contributed by atoms with van der Waals surface area (Å²) < 4.78 is 0. The predicted octanol–water partition coefficient (Wildman–Crippen LogP) is 0.0804.